The van der Waals surface area contributed by atoms with Crippen LogP contribution >= 0.6 is 0 Å². The van der Waals surface area contributed by atoms with E-state index in [1.807, 2.05) is 13.2 Å². The van der Waals surface area contributed by atoms with E-state index in [2.05, 4.69) is 15.7 Å². The van der Waals surface area contributed by atoms with Gasteiger partial charge in [-0.15, -0.1) is 0 Å². The average molecular weight is 334 g/mol. The van der Waals surface area contributed by atoms with Crippen molar-refractivity contribution in [1.82, 2.24) is 20.4 Å². The Labute approximate surface area is 139 Å². The first-order valence-electron chi connectivity index (χ1n) is 7.95. The van der Waals surface area contributed by atoms with E-state index < -0.39 is 11.6 Å². The van der Waals surface area contributed by atoms with Crippen LogP contribution in [0.2, 0.25) is 0 Å². The summed E-state index contributed by atoms with van der Waals surface area (Å²) in [4.78, 5) is 12.4. The van der Waals surface area contributed by atoms with Crippen LogP contribution in [0.3, 0.4) is 0 Å². The van der Waals surface area contributed by atoms with Gasteiger partial charge in [0, 0.05) is 44.9 Å². The van der Waals surface area contributed by atoms with Crippen LogP contribution in [0.15, 0.2) is 30.6 Å². The molecule has 0 saturated carbocycles. The zero-order valence-electron chi connectivity index (χ0n) is 13.4. The van der Waals surface area contributed by atoms with Crippen molar-refractivity contribution in [3.05, 3.63) is 53.4 Å². The maximum atomic E-state index is 13.2. The van der Waals surface area contributed by atoms with E-state index in [9.17, 15) is 13.6 Å². The Balaban J connectivity index is 1.56. The molecule has 0 radical (unpaired) electrons. The lowest BCUT2D eigenvalue weighted by atomic mass is 9.90. The molecule has 0 aliphatic carbocycles. The number of rotatable bonds is 5. The summed E-state index contributed by atoms with van der Waals surface area (Å²) in [6.07, 6.45) is 4.10. The van der Waals surface area contributed by atoms with Crippen LogP contribution in [0.25, 0.3) is 0 Å². The van der Waals surface area contributed by atoms with Gasteiger partial charge in [-0.3, -0.25) is 9.48 Å². The molecular weight excluding hydrogens is 314 g/mol. The van der Waals surface area contributed by atoms with E-state index in [1.54, 1.807) is 10.9 Å². The van der Waals surface area contributed by atoms with Gasteiger partial charge in [0.2, 0.25) is 5.91 Å². The third-order valence-electron chi connectivity index (χ3n) is 4.34. The fourth-order valence-electron chi connectivity index (χ4n) is 3.15. The number of amides is 1. The van der Waals surface area contributed by atoms with Crippen molar-refractivity contribution in [2.45, 2.75) is 12.3 Å². The maximum Gasteiger partial charge on any atom is 0.225 e. The van der Waals surface area contributed by atoms with E-state index in [0.717, 1.165) is 18.2 Å². The van der Waals surface area contributed by atoms with Crippen molar-refractivity contribution >= 4 is 5.91 Å². The highest BCUT2D eigenvalue weighted by atomic mass is 19.1. The Morgan fingerprint density at radius 1 is 1.33 bits per heavy atom. The Kier molecular flexibility index (Phi) is 4.89. The molecule has 2 N–H and O–H groups in total. The van der Waals surface area contributed by atoms with Gasteiger partial charge >= 0.3 is 0 Å². The van der Waals surface area contributed by atoms with Crippen LogP contribution in [-0.2, 0) is 18.3 Å². The van der Waals surface area contributed by atoms with Crippen molar-refractivity contribution < 1.29 is 13.6 Å². The van der Waals surface area contributed by atoms with Crippen LogP contribution in [-0.4, -0.2) is 35.3 Å². The van der Waals surface area contributed by atoms with Crippen LogP contribution in [0, 0.1) is 17.6 Å². The summed E-state index contributed by atoms with van der Waals surface area (Å²) >= 11 is 0. The predicted molar refractivity (Wildman–Crippen MR) is 85.4 cm³/mol. The number of hydrogen-bond donors (Lipinski definition) is 2. The SMILES string of the molecule is Cn1cc([C@H]2CNC[C@@H]2C(=O)NCCc2cc(F)cc(F)c2)cn1. The second-order valence-corrected chi connectivity index (χ2v) is 6.14. The molecule has 0 unspecified atom stereocenters. The molecule has 1 amide bonds. The first-order chi connectivity index (χ1) is 11.5. The maximum absolute atomic E-state index is 13.2. The average Bonchev–Trinajstić information content (AvgIpc) is 3.14. The molecule has 1 aliphatic rings. The molecule has 5 nitrogen and oxygen atoms in total. The Morgan fingerprint density at radius 2 is 2.08 bits per heavy atom. The zero-order valence-corrected chi connectivity index (χ0v) is 13.4. The van der Waals surface area contributed by atoms with E-state index in [-0.39, 0.29) is 17.7 Å². The van der Waals surface area contributed by atoms with Gasteiger partial charge in [0.15, 0.2) is 0 Å². The number of aryl methyl sites for hydroxylation is 1. The highest BCUT2D eigenvalue weighted by molar-refractivity contribution is 5.80. The fourth-order valence-corrected chi connectivity index (χ4v) is 3.15. The van der Waals surface area contributed by atoms with E-state index in [4.69, 9.17) is 0 Å². The van der Waals surface area contributed by atoms with Crippen molar-refractivity contribution in [2.75, 3.05) is 19.6 Å². The molecule has 1 fully saturated rings. The Morgan fingerprint density at radius 3 is 2.75 bits per heavy atom. The summed E-state index contributed by atoms with van der Waals surface area (Å²) in [5.41, 5.74) is 1.57. The number of benzene rings is 1. The highest BCUT2D eigenvalue weighted by Gasteiger charge is 2.34. The molecule has 128 valence electrons. The minimum atomic E-state index is -0.604. The lowest BCUT2D eigenvalue weighted by Crippen LogP contribution is -2.35. The number of carbonyl (C=O) groups is 1. The Hall–Kier alpha value is -2.28. The number of nitrogens with one attached hydrogen (secondary N) is 2. The first-order valence-corrected chi connectivity index (χ1v) is 7.95. The third kappa shape index (κ3) is 3.79. The molecule has 1 aromatic carbocycles. The smallest absolute Gasteiger partial charge is 0.225 e. The van der Waals surface area contributed by atoms with Gasteiger partial charge in [-0.1, -0.05) is 0 Å². The van der Waals surface area contributed by atoms with Crippen LogP contribution in [0.5, 0.6) is 0 Å². The monoisotopic (exact) mass is 334 g/mol. The van der Waals surface area contributed by atoms with Gasteiger partial charge < -0.3 is 10.6 Å². The molecular formula is C17H20F2N4O. The van der Waals surface area contributed by atoms with Gasteiger partial charge in [0.1, 0.15) is 11.6 Å². The van der Waals surface area contributed by atoms with Gasteiger partial charge in [-0.25, -0.2) is 8.78 Å². The second kappa shape index (κ2) is 7.09. The highest BCUT2D eigenvalue weighted by Crippen LogP contribution is 2.27. The van der Waals surface area contributed by atoms with E-state index in [0.29, 0.717) is 25.1 Å². The summed E-state index contributed by atoms with van der Waals surface area (Å²) in [7, 11) is 1.85. The summed E-state index contributed by atoms with van der Waals surface area (Å²) < 4.78 is 28.0. The number of aromatic nitrogens is 2. The largest absolute Gasteiger partial charge is 0.355 e. The van der Waals surface area contributed by atoms with Crippen LogP contribution in [0.4, 0.5) is 8.78 Å². The van der Waals surface area contributed by atoms with Crippen molar-refractivity contribution in [1.29, 1.82) is 0 Å². The molecule has 24 heavy (non-hydrogen) atoms. The van der Waals surface area contributed by atoms with Crippen molar-refractivity contribution in [3.8, 4) is 0 Å². The van der Waals surface area contributed by atoms with Gasteiger partial charge in [0.05, 0.1) is 12.1 Å². The first kappa shape index (κ1) is 16.6. The molecule has 0 bridgehead atoms. The van der Waals surface area contributed by atoms with Gasteiger partial charge in [-0.2, -0.15) is 5.10 Å². The zero-order chi connectivity index (χ0) is 17.1. The van der Waals surface area contributed by atoms with E-state index >= 15 is 0 Å². The number of nitrogens with zero attached hydrogens (tertiary/aromatic N) is 2. The minimum Gasteiger partial charge on any atom is -0.355 e. The fraction of sp³-hybridized carbons (Fsp3) is 0.412. The lowest BCUT2D eigenvalue weighted by Gasteiger charge is -2.17. The lowest BCUT2D eigenvalue weighted by molar-refractivity contribution is -0.124. The van der Waals surface area contributed by atoms with E-state index in [1.165, 1.54) is 12.1 Å². The molecule has 0 spiro atoms. The van der Waals surface area contributed by atoms with Gasteiger partial charge in [-0.05, 0) is 29.7 Å². The normalized spacial score (nSPS) is 20.3. The number of halogens is 2. The predicted octanol–water partition coefficient (Wildman–Crippen LogP) is 1.36. The molecule has 1 aromatic heterocycles. The number of hydrogen-bond acceptors (Lipinski definition) is 3. The van der Waals surface area contributed by atoms with Crippen molar-refractivity contribution in [3.63, 3.8) is 0 Å². The molecule has 3 rings (SSSR count). The summed E-state index contributed by atoms with van der Waals surface area (Å²) in [6.45, 7) is 1.69. The van der Waals surface area contributed by atoms with Crippen LogP contribution < -0.4 is 10.6 Å². The summed E-state index contributed by atoms with van der Waals surface area (Å²) in [5, 5.41) is 10.3. The molecule has 2 heterocycles. The van der Waals surface area contributed by atoms with Gasteiger partial charge in [0.25, 0.3) is 0 Å². The molecule has 1 aliphatic heterocycles. The summed E-state index contributed by atoms with van der Waals surface area (Å²) in [6, 6.07) is 3.40. The quantitative estimate of drug-likeness (QED) is 0.868. The number of carbonyl (C=O) groups excluding carboxylic acids is 1. The standard InChI is InChI=1S/C17H20F2N4O/c1-23-10-12(7-22-23)15-8-20-9-16(15)17(24)21-3-2-11-4-13(18)6-14(19)5-11/h4-7,10,15-16,20H,2-3,8-9H2,1H3,(H,21,24)/t15-,16+/m1/s1. The molecule has 1 saturated heterocycles. The second-order valence-electron chi connectivity index (χ2n) is 6.14. The van der Waals surface area contributed by atoms with Crippen molar-refractivity contribution in [2.24, 2.45) is 13.0 Å². The molecule has 2 atom stereocenters. The Bertz CT molecular complexity index is 711. The summed E-state index contributed by atoms with van der Waals surface area (Å²) in [5.74, 6) is -1.34. The molecule has 7 heteroatoms. The minimum absolute atomic E-state index is 0.0503. The molecule has 2 aromatic rings. The third-order valence-corrected chi connectivity index (χ3v) is 4.34. The topological polar surface area (TPSA) is 59.0 Å². The van der Waals surface area contributed by atoms with Crippen LogP contribution in [0.1, 0.15) is 17.0 Å².